The highest BCUT2D eigenvalue weighted by atomic mass is 32.1. The molecule has 0 saturated carbocycles. The summed E-state index contributed by atoms with van der Waals surface area (Å²) in [6.45, 7) is 2.67. The van der Waals surface area contributed by atoms with Crippen molar-refractivity contribution in [1.29, 1.82) is 0 Å². The number of amides is 2. The third kappa shape index (κ3) is 5.57. The number of aromatic nitrogens is 1. The van der Waals surface area contributed by atoms with Gasteiger partial charge < -0.3 is 10.6 Å². The first-order valence-corrected chi connectivity index (χ1v) is 9.88. The number of carbonyl (C=O) groups excluding carboxylic acids is 2. The number of nitro benzene ring substituents is 1. The number of carbonyl (C=O) groups is 2. The predicted molar refractivity (Wildman–Crippen MR) is 105 cm³/mol. The maximum Gasteiger partial charge on any atom is 0.270 e. The molecular weight excluding hydrogens is 382 g/mol. The molecule has 2 heterocycles. The molecule has 1 aromatic heterocycles. The second kappa shape index (κ2) is 9.38. The fourth-order valence-corrected chi connectivity index (χ4v) is 3.69. The van der Waals surface area contributed by atoms with E-state index in [0.29, 0.717) is 5.13 Å². The normalized spacial score (nSPS) is 14.4. The lowest BCUT2D eigenvalue weighted by Crippen LogP contribution is -2.32. The molecule has 2 amide bonds. The molecule has 10 heteroatoms. The molecule has 1 fully saturated rings. The average molecular weight is 403 g/mol. The Hall–Kier alpha value is -2.85. The summed E-state index contributed by atoms with van der Waals surface area (Å²) in [5.74, 6) is -0.957. The lowest BCUT2D eigenvalue weighted by Gasteiger charge is -2.25. The van der Waals surface area contributed by atoms with E-state index in [1.807, 2.05) is 5.38 Å². The molecule has 2 aromatic rings. The number of hydrogen-bond donors (Lipinski definition) is 2. The lowest BCUT2D eigenvalue weighted by molar-refractivity contribution is -0.384. The highest BCUT2D eigenvalue weighted by Gasteiger charge is 2.15. The van der Waals surface area contributed by atoms with Crippen LogP contribution in [0, 0.1) is 10.1 Å². The van der Waals surface area contributed by atoms with Crippen molar-refractivity contribution in [3.63, 3.8) is 0 Å². The van der Waals surface area contributed by atoms with E-state index in [1.165, 1.54) is 54.9 Å². The SMILES string of the molecule is O=C(CNC(=O)c1cccc([N+](=O)[O-])c1)Nc1nc(CN2CCCCC2)cs1. The highest BCUT2D eigenvalue weighted by Crippen LogP contribution is 2.18. The molecule has 2 N–H and O–H groups in total. The highest BCUT2D eigenvalue weighted by molar-refractivity contribution is 7.13. The molecule has 3 rings (SSSR count). The summed E-state index contributed by atoms with van der Waals surface area (Å²) >= 11 is 1.34. The quantitative estimate of drug-likeness (QED) is 0.541. The number of thiazole rings is 1. The van der Waals surface area contributed by atoms with Gasteiger partial charge in [0.15, 0.2) is 5.13 Å². The zero-order chi connectivity index (χ0) is 19.9. The lowest BCUT2D eigenvalue weighted by atomic mass is 10.1. The van der Waals surface area contributed by atoms with Crippen LogP contribution >= 0.6 is 11.3 Å². The molecule has 148 valence electrons. The molecule has 0 spiro atoms. The van der Waals surface area contributed by atoms with Gasteiger partial charge in [-0.2, -0.15) is 0 Å². The number of benzene rings is 1. The Balaban J connectivity index is 1.47. The van der Waals surface area contributed by atoms with Crippen LogP contribution < -0.4 is 10.6 Å². The van der Waals surface area contributed by atoms with Crippen LogP contribution in [-0.4, -0.2) is 46.3 Å². The minimum atomic E-state index is -0.576. The number of anilines is 1. The van der Waals surface area contributed by atoms with Gasteiger partial charge in [0.2, 0.25) is 5.91 Å². The Morgan fingerprint density at radius 3 is 2.79 bits per heavy atom. The maximum atomic E-state index is 12.1. The molecule has 1 aliphatic rings. The summed E-state index contributed by atoms with van der Waals surface area (Å²) in [6.07, 6.45) is 3.69. The first-order valence-electron chi connectivity index (χ1n) is 9.00. The summed E-state index contributed by atoms with van der Waals surface area (Å²) in [6, 6.07) is 5.34. The number of rotatable bonds is 7. The zero-order valence-corrected chi connectivity index (χ0v) is 16.0. The van der Waals surface area contributed by atoms with Crippen LogP contribution in [0.25, 0.3) is 0 Å². The van der Waals surface area contributed by atoms with Crippen molar-refractivity contribution in [3.8, 4) is 0 Å². The Labute approximate surface area is 165 Å². The standard InChI is InChI=1S/C18H21N5O4S/c24-16(10-19-17(25)13-5-4-6-15(9-13)23(26)27)21-18-20-14(12-28-18)11-22-7-2-1-3-8-22/h4-6,9,12H,1-3,7-8,10-11H2,(H,19,25)(H,20,21,24). The van der Waals surface area contributed by atoms with Gasteiger partial charge in [-0.25, -0.2) is 4.98 Å². The second-order valence-corrected chi connectivity index (χ2v) is 7.38. The molecule has 1 saturated heterocycles. The van der Waals surface area contributed by atoms with Crippen LogP contribution in [-0.2, 0) is 11.3 Å². The van der Waals surface area contributed by atoms with Crippen LogP contribution in [0.4, 0.5) is 10.8 Å². The summed E-state index contributed by atoms with van der Waals surface area (Å²) < 4.78 is 0. The fourth-order valence-electron chi connectivity index (χ4n) is 2.97. The van der Waals surface area contributed by atoms with Crippen LogP contribution in [0.15, 0.2) is 29.6 Å². The van der Waals surface area contributed by atoms with E-state index < -0.39 is 16.7 Å². The van der Waals surface area contributed by atoms with Crippen LogP contribution in [0.1, 0.15) is 35.3 Å². The topological polar surface area (TPSA) is 117 Å². The monoisotopic (exact) mass is 403 g/mol. The van der Waals surface area contributed by atoms with Gasteiger partial charge in [0.1, 0.15) is 0 Å². The predicted octanol–water partition coefficient (Wildman–Crippen LogP) is 2.41. The number of nitro groups is 1. The van der Waals surface area contributed by atoms with E-state index >= 15 is 0 Å². The van der Waals surface area contributed by atoms with Crippen molar-refractivity contribution in [3.05, 3.63) is 51.0 Å². The van der Waals surface area contributed by atoms with E-state index in [1.54, 1.807) is 0 Å². The summed E-state index contributed by atoms with van der Waals surface area (Å²) in [4.78, 5) is 41.1. The van der Waals surface area contributed by atoms with Crippen molar-refractivity contribution < 1.29 is 14.5 Å². The van der Waals surface area contributed by atoms with Gasteiger partial charge >= 0.3 is 0 Å². The smallest absolute Gasteiger partial charge is 0.270 e. The Kier molecular flexibility index (Phi) is 6.66. The average Bonchev–Trinajstić information content (AvgIpc) is 3.13. The molecule has 28 heavy (non-hydrogen) atoms. The van der Waals surface area contributed by atoms with Gasteiger partial charge in [0, 0.05) is 29.6 Å². The van der Waals surface area contributed by atoms with E-state index in [9.17, 15) is 19.7 Å². The molecular formula is C18H21N5O4S. The Bertz CT molecular complexity index is 863. The third-order valence-electron chi connectivity index (χ3n) is 4.36. The van der Waals surface area contributed by atoms with Crippen LogP contribution in [0.2, 0.25) is 0 Å². The van der Waals surface area contributed by atoms with Crippen LogP contribution in [0.5, 0.6) is 0 Å². The number of nitrogens with zero attached hydrogens (tertiary/aromatic N) is 3. The van der Waals surface area contributed by atoms with Gasteiger partial charge in [0.25, 0.3) is 11.6 Å². The van der Waals surface area contributed by atoms with Crippen molar-refractivity contribution >= 4 is 34.0 Å². The van der Waals surface area contributed by atoms with Crippen molar-refractivity contribution in [1.82, 2.24) is 15.2 Å². The van der Waals surface area contributed by atoms with Crippen molar-refractivity contribution in [2.45, 2.75) is 25.8 Å². The number of nitrogens with one attached hydrogen (secondary N) is 2. The Morgan fingerprint density at radius 1 is 1.25 bits per heavy atom. The largest absolute Gasteiger partial charge is 0.343 e. The fraction of sp³-hybridized carbons (Fsp3) is 0.389. The first-order chi connectivity index (χ1) is 13.5. The van der Waals surface area contributed by atoms with Gasteiger partial charge in [-0.15, -0.1) is 11.3 Å². The number of non-ortho nitro benzene ring substituents is 1. The van der Waals surface area contributed by atoms with Gasteiger partial charge in [-0.1, -0.05) is 12.5 Å². The third-order valence-corrected chi connectivity index (χ3v) is 5.17. The van der Waals surface area contributed by atoms with E-state index in [-0.39, 0.29) is 17.8 Å². The van der Waals surface area contributed by atoms with Crippen LogP contribution in [0.3, 0.4) is 0 Å². The molecule has 1 aliphatic heterocycles. The van der Waals surface area contributed by atoms with Crippen molar-refractivity contribution in [2.75, 3.05) is 25.0 Å². The molecule has 0 aliphatic carbocycles. The van der Waals surface area contributed by atoms with Crippen molar-refractivity contribution in [2.24, 2.45) is 0 Å². The van der Waals surface area contributed by atoms with Gasteiger partial charge in [0.05, 0.1) is 17.2 Å². The molecule has 0 bridgehead atoms. The zero-order valence-electron chi connectivity index (χ0n) is 15.2. The molecule has 0 unspecified atom stereocenters. The molecule has 0 atom stereocenters. The number of hydrogen-bond acceptors (Lipinski definition) is 7. The summed E-state index contributed by atoms with van der Waals surface area (Å²) in [5, 5.41) is 18.3. The molecule has 0 radical (unpaired) electrons. The van der Waals surface area contributed by atoms with Gasteiger partial charge in [-0.05, 0) is 32.0 Å². The second-order valence-electron chi connectivity index (χ2n) is 6.52. The van der Waals surface area contributed by atoms with E-state index in [2.05, 4.69) is 20.5 Å². The van der Waals surface area contributed by atoms with E-state index in [0.717, 1.165) is 25.3 Å². The molecule has 1 aromatic carbocycles. The summed E-state index contributed by atoms with van der Waals surface area (Å²) in [7, 11) is 0. The maximum absolute atomic E-state index is 12.1. The molecule has 9 nitrogen and oxygen atoms in total. The minimum Gasteiger partial charge on any atom is -0.343 e. The number of piperidine rings is 1. The van der Waals surface area contributed by atoms with E-state index in [4.69, 9.17) is 0 Å². The minimum absolute atomic E-state index is 0.125. The first kappa shape index (κ1) is 19.9. The number of likely N-dealkylation sites (tertiary alicyclic amines) is 1. The van der Waals surface area contributed by atoms with Gasteiger partial charge in [-0.3, -0.25) is 24.6 Å². The summed E-state index contributed by atoms with van der Waals surface area (Å²) in [5.41, 5.74) is 0.865. The Morgan fingerprint density at radius 2 is 2.04 bits per heavy atom.